The minimum Gasteiger partial charge on any atom is -0.307 e. The zero-order valence-electron chi connectivity index (χ0n) is 34.2. The fourth-order valence-electron chi connectivity index (χ4n) is 9.17. The summed E-state index contributed by atoms with van der Waals surface area (Å²) in [6.07, 6.45) is 0. The van der Waals surface area contributed by atoms with E-state index in [0.717, 1.165) is 100.0 Å². The molecule has 0 aliphatic heterocycles. The van der Waals surface area contributed by atoms with E-state index < -0.39 is 0 Å². The minimum atomic E-state index is 0.689. The Labute approximate surface area is 365 Å². The molecule has 12 aromatic rings. The molecule has 63 heavy (non-hydrogen) atoms. The van der Waals surface area contributed by atoms with Gasteiger partial charge in [0.25, 0.3) is 0 Å². The highest BCUT2D eigenvalue weighted by Gasteiger charge is 2.20. The quantitative estimate of drug-likeness (QED) is 0.151. The third-order valence-corrected chi connectivity index (χ3v) is 12.2. The first-order valence-corrected chi connectivity index (χ1v) is 21.4. The Bertz CT molecular complexity index is 3650. The van der Waals surface area contributed by atoms with Crippen LogP contribution in [0.25, 0.3) is 117 Å². The zero-order valence-corrected chi connectivity index (χ0v) is 34.2. The van der Waals surface area contributed by atoms with Gasteiger partial charge in [-0.05, 0) is 70.1 Å². The molecule has 0 aliphatic rings. The Morgan fingerprint density at radius 2 is 0.810 bits per heavy atom. The van der Waals surface area contributed by atoms with E-state index in [1.807, 2.05) is 12.1 Å². The van der Waals surface area contributed by atoms with Gasteiger partial charge in [0, 0.05) is 49.5 Å². The van der Waals surface area contributed by atoms with E-state index in [4.69, 9.17) is 15.0 Å². The largest absolute Gasteiger partial charge is 0.307 e. The van der Waals surface area contributed by atoms with Crippen LogP contribution < -0.4 is 0 Å². The van der Waals surface area contributed by atoms with Crippen molar-refractivity contribution in [3.05, 3.63) is 231 Å². The average molecular weight is 803 g/mol. The predicted octanol–water partition coefficient (Wildman–Crippen LogP) is 15.3. The number of rotatable bonds is 7. The van der Waals surface area contributed by atoms with Crippen molar-refractivity contribution >= 4 is 43.5 Å². The molecule has 12 rings (SSSR count). The highest BCUT2D eigenvalue weighted by molar-refractivity contribution is 6.23. The van der Waals surface area contributed by atoms with Gasteiger partial charge in [0.15, 0.2) is 5.82 Å². The van der Waals surface area contributed by atoms with Crippen molar-refractivity contribution < 1.29 is 0 Å². The van der Waals surface area contributed by atoms with E-state index in [1.54, 1.807) is 0 Å². The number of pyridine rings is 1. The molecule has 0 saturated heterocycles. The Morgan fingerprint density at radius 1 is 0.286 bits per heavy atom. The summed E-state index contributed by atoms with van der Waals surface area (Å²) in [6, 6.07) is 81.5. The molecule has 4 heteroatoms. The number of aromatic nitrogens is 4. The number of fused-ring (bicyclic) bond motifs is 7. The van der Waals surface area contributed by atoms with Gasteiger partial charge in [-0.15, -0.1) is 0 Å². The van der Waals surface area contributed by atoms with Gasteiger partial charge in [-0.2, -0.15) is 0 Å². The lowest BCUT2D eigenvalue weighted by atomic mass is 9.97. The average Bonchev–Trinajstić information content (AvgIpc) is 3.71. The fourth-order valence-corrected chi connectivity index (χ4v) is 9.17. The van der Waals surface area contributed by atoms with Crippen LogP contribution in [0.3, 0.4) is 0 Å². The molecule has 0 amide bonds. The summed E-state index contributed by atoms with van der Waals surface area (Å²) in [7, 11) is 0. The van der Waals surface area contributed by atoms with E-state index >= 15 is 0 Å². The topological polar surface area (TPSA) is 43.6 Å². The maximum absolute atomic E-state index is 5.55. The number of para-hydroxylation sites is 1. The van der Waals surface area contributed by atoms with Crippen molar-refractivity contribution in [2.75, 3.05) is 0 Å². The van der Waals surface area contributed by atoms with Gasteiger partial charge in [-0.25, -0.2) is 15.0 Å². The van der Waals surface area contributed by atoms with Crippen molar-refractivity contribution in [2.45, 2.75) is 0 Å². The molecule has 9 aromatic carbocycles. The second-order valence-corrected chi connectivity index (χ2v) is 16.0. The smallest absolute Gasteiger partial charge is 0.160 e. The molecule has 0 spiro atoms. The van der Waals surface area contributed by atoms with Gasteiger partial charge in [0.1, 0.15) is 0 Å². The van der Waals surface area contributed by atoms with E-state index in [0.29, 0.717) is 5.82 Å². The maximum atomic E-state index is 5.55. The van der Waals surface area contributed by atoms with Gasteiger partial charge in [-0.3, -0.25) is 0 Å². The molecule has 0 radical (unpaired) electrons. The van der Waals surface area contributed by atoms with Gasteiger partial charge in [0.2, 0.25) is 0 Å². The maximum Gasteiger partial charge on any atom is 0.160 e. The molecular formula is C59H38N4. The molecule has 0 N–H and O–H groups in total. The summed E-state index contributed by atoms with van der Waals surface area (Å²) in [5.41, 5.74) is 15.7. The lowest BCUT2D eigenvalue weighted by Gasteiger charge is -2.13. The number of hydrogen-bond acceptors (Lipinski definition) is 3. The van der Waals surface area contributed by atoms with Crippen LogP contribution in [0.1, 0.15) is 0 Å². The van der Waals surface area contributed by atoms with Crippen molar-refractivity contribution in [3.8, 4) is 73.1 Å². The Kier molecular flexibility index (Phi) is 8.79. The van der Waals surface area contributed by atoms with E-state index in [9.17, 15) is 0 Å². The van der Waals surface area contributed by atoms with Crippen molar-refractivity contribution in [2.24, 2.45) is 0 Å². The second kappa shape index (κ2) is 15.2. The summed E-state index contributed by atoms with van der Waals surface area (Å²) in [6.45, 7) is 0. The monoisotopic (exact) mass is 802 g/mol. The molecule has 294 valence electrons. The number of nitrogens with zero attached hydrogens (tertiary/aromatic N) is 4. The van der Waals surface area contributed by atoms with Crippen molar-refractivity contribution in [1.29, 1.82) is 0 Å². The Balaban J connectivity index is 1.03. The van der Waals surface area contributed by atoms with Crippen LogP contribution in [0, 0.1) is 0 Å². The van der Waals surface area contributed by atoms with Crippen LogP contribution in [0.5, 0.6) is 0 Å². The fraction of sp³-hybridized carbons (Fsp3) is 0. The lowest BCUT2D eigenvalue weighted by Crippen LogP contribution is -1.97. The minimum absolute atomic E-state index is 0.689. The van der Waals surface area contributed by atoms with Crippen LogP contribution in [-0.4, -0.2) is 19.5 Å². The molecule has 0 saturated carbocycles. The van der Waals surface area contributed by atoms with Gasteiger partial charge < -0.3 is 4.57 Å². The molecule has 0 atom stereocenters. The summed E-state index contributed by atoms with van der Waals surface area (Å²) in [5.74, 6) is 0.689. The molecule has 0 fully saturated rings. The highest BCUT2D eigenvalue weighted by Crippen LogP contribution is 2.42. The number of hydrogen-bond donors (Lipinski definition) is 0. The van der Waals surface area contributed by atoms with Crippen LogP contribution in [0.15, 0.2) is 231 Å². The zero-order chi connectivity index (χ0) is 41.7. The Hall–Kier alpha value is -8.47. The molecule has 3 heterocycles. The molecule has 4 nitrogen and oxygen atoms in total. The first-order valence-electron chi connectivity index (χ1n) is 21.4. The summed E-state index contributed by atoms with van der Waals surface area (Å²) >= 11 is 0. The normalized spacial score (nSPS) is 11.5. The SMILES string of the molecule is c1ccc(-c2cccc(-c3nc(-c4ccccc4)cc(-c4cccc(-c5ccc6c(c5)c5ccc7c8ccccc8c(-c8ccccc8)nc7c5n6-c5ccccc5)c4)n3)c2)cc1. The van der Waals surface area contributed by atoms with Crippen LogP contribution in [-0.2, 0) is 0 Å². The molecular weight excluding hydrogens is 765 g/mol. The van der Waals surface area contributed by atoms with E-state index in [-0.39, 0.29) is 0 Å². The van der Waals surface area contributed by atoms with Crippen LogP contribution in [0.4, 0.5) is 0 Å². The molecule has 0 aliphatic carbocycles. The van der Waals surface area contributed by atoms with Crippen molar-refractivity contribution in [1.82, 2.24) is 19.5 Å². The predicted molar refractivity (Wildman–Crippen MR) is 262 cm³/mol. The van der Waals surface area contributed by atoms with Gasteiger partial charge in [0.05, 0.1) is 33.6 Å². The lowest BCUT2D eigenvalue weighted by molar-refractivity contribution is 1.18. The summed E-state index contributed by atoms with van der Waals surface area (Å²) in [5, 5.41) is 5.80. The Morgan fingerprint density at radius 3 is 1.54 bits per heavy atom. The van der Waals surface area contributed by atoms with Crippen LogP contribution >= 0.6 is 0 Å². The molecule has 3 aromatic heterocycles. The standard InChI is InChI=1S/C59H38N4/c1-5-17-39(18-6-1)42-23-16-26-46(36-42)59-60-53(40-19-7-2-8-20-40)38-54(61-59)45-25-15-24-43(35-45)44-31-34-55-52(37-44)51-33-32-50-48-29-13-14-30-49(48)56(41-21-9-3-10-22-41)62-57(50)58(51)63(55)47-27-11-4-12-28-47/h1-38H. The first-order chi connectivity index (χ1) is 31.2. The number of benzene rings is 9. The van der Waals surface area contributed by atoms with E-state index in [1.165, 1.54) is 10.8 Å². The van der Waals surface area contributed by atoms with Gasteiger partial charge in [-0.1, -0.05) is 188 Å². The highest BCUT2D eigenvalue weighted by atomic mass is 15.0. The first kappa shape index (κ1) is 36.4. The third kappa shape index (κ3) is 6.44. The molecule has 0 bridgehead atoms. The van der Waals surface area contributed by atoms with E-state index in [2.05, 4.69) is 223 Å². The third-order valence-electron chi connectivity index (χ3n) is 12.2. The summed E-state index contributed by atoms with van der Waals surface area (Å²) in [4.78, 5) is 16.0. The second-order valence-electron chi connectivity index (χ2n) is 16.0. The van der Waals surface area contributed by atoms with Crippen molar-refractivity contribution in [3.63, 3.8) is 0 Å². The van der Waals surface area contributed by atoms with Crippen LogP contribution in [0.2, 0.25) is 0 Å². The summed E-state index contributed by atoms with van der Waals surface area (Å²) < 4.78 is 2.39. The molecule has 0 unspecified atom stereocenters. The van der Waals surface area contributed by atoms with Gasteiger partial charge >= 0.3 is 0 Å².